The van der Waals surface area contributed by atoms with E-state index in [1.165, 1.54) is 11.3 Å². The molecule has 0 aromatic carbocycles. The maximum Gasteiger partial charge on any atom is 0.326 e. The first-order valence-electron chi connectivity index (χ1n) is 10.4. The average Bonchev–Trinajstić information content (AvgIpc) is 3.63. The van der Waals surface area contributed by atoms with Crippen LogP contribution in [0.25, 0.3) is 22.3 Å². The van der Waals surface area contributed by atoms with Gasteiger partial charge in [0.1, 0.15) is 5.69 Å². The number of aromatic nitrogens is 5. The Morgan fingerprint density at radius 2 is 2.12 bits per heavy atom. The van der Waals surface area contributed by atoms with Crippen LogP contribution in [0.1, 0.15) is 41.0 Å². The fourth-order valence-corrected chi connectivity index (χ4v) is 4.27. The highest BCUT2D eigenvalue weighted by Gasteiger charge is 2.25. The Bertz CT molecular complexity index is 1540. The van der Waals surface area contributed by atoms with Crippen LogP contribution in [0.4, 0.5) is 0 Å². The fraction of sp³-hybridized carbons (Fsp3) is 0.286. The molecule has 162 valence electrons. The Morgan fingerprint density at radius 1 is 1.28 bits per heavy atom. The first-order valence-corrected chi connectivity index (χ1v) is 11.2. The minimum absolute atomic E-state index is 0.0574. The Kier molecular flexibility index (Phi) is 4.25. The maximum atomic E-state index is 12.4. The van der Waals surface area contributed by atoms with Gasteiger partial charge in [-0.05, 0) is 43.9 Å². The van der Waals surface area contributed by atoms with Crippen LogP contribution in [0, 0.1) is 0 Å². The highest BCUT2D eigenvalue weighted by Crippen LogP contribution is 2.28. The normalized spacial score (nSPS) is 17.4. The highest BCUT2D eigenvalue weighted by atomic mass is 32.1. The molecule has 0 radical (unpaired) electrons. The van der Waals surface area contributed by atoms with Gasteiger partial charge < -0.3 is 15.4 Å². The van der Waals surface area contributed by atoms with Gasteiger partial charge >= 0.3 is 5.69 Å². The van der Waals surface area contributed by atoms with Crippen molar-refractivity contribution in [2.75, 3.05) is 0 Å². The van der Waals surface area contributed by atoms with Crippen molar-refractivity contribution in [3.05, 3.63) is 56.2 Å². The molecule has 6 rings (SSSR count). The van der Waals surface area contributed by atoms with Crippen molar-refractivity contribution >= 4 is 29.0 Å². The summed E-state index contributed by atoms with van der Waals surface area (Å²) in [5.74, 6) is -0.309. The van der Waals surface area contributed by atoms with Crippen LogP contribution < -0.4 is 21.7 Å². The number of rotatable bonds is 5. The summed E-state index contributed by atoms with van der Waals surface area (Å²) in [7, 11) is 0. The molecular formula is C21H19N7O3S. The lowest BCUT2D eigenvalue weighted by atomic mass is 10.3. The monoisotopic (exact) mass is 449 g/mol. The van der Waals surface area contributed by atoms with Crippen LogP contribution >= 0.6 is 11.3 Å². The summed E-state index contributed by atoms with van der Waals surface area (Å²) in [6, 6.07) is 6.16. The third-order valence-corrected chi connectivity index (χ3v) is 6.48. The van der Waals surface area contributed by atoms with Crippen molar-refractivity contribution in [2.24, 2.45) is 4.99 Å². The predicted molar refractivity (Wildman–Crippen MR) is 117 cm³/mol. The molecule has 0 spiro atoms. The minimum Gasteiger partial charge on any atom is -0.493 e. The molecule has 2 aliphatic rings. The zero-order chi connectivity index (χ0) is 21.8. The number of hydrogen-bond acceptors (Lipinski definition) is 7. The molecule has 0 atom stereocenters. The van der Waals surface area contributed by atoms with Crippen LogP contribution in [0.15, 0.2) is 34.2 Å². The molecular weight excluding hydrogens is 430 g/mol. The fourth-order valence-electron chi connectivity index (χ4n) is 3.40. The topological polar surface area (TPSA) is 141 Å². The van der Waals surface area contributed by atoms with Crippen molar-refractivity contribution < 1.29 is 9.90 Å². The van der Waals surface area contributed by atoms with Crippen LogP contribution in [0.2, 0.25) is 0 Å². The van der Waals surface area contributed by atoms with Crippen molar-refractivity contribution in [3.8, 4) is 16.5 Å². The molecule has 4 aromatic rings. The van der Waals surface area contributed by atoms with Crippen LogP contribution in [-0.2, 0) is 0 Å². The number of hydrogen-bond donors (Lipinski definition) is 4. The standard InChI is InChI=1S/C21H19N7O3S/c29-19-14(26-21(31)27-19)7-10-9-22-28-17(23-11-1-2-11)8-13(25-18(10)28)15-5-6-16(32-15)20(30)24-12-3-4-12/h5-9,11-12,29H,1-4H2,(H,24,30)(H2,26,27,31)/b10-7+,23-17?. The number of H-pyrrole nitrogens is 2. The molecule has 0 bridgehead atoms. The van der Waals surface area contributed by atoms with Gasteiger partial charge in [0.2, 0.25) is 5.88 Å². The van der Waals surface area contributed by atoms with Gasteiger partial charge in [-0.1, -0.05) is 0 Å². The summed E-state index contributed by atoms with van der Waals surface area (Å²) >= 11 is 1.39. The molecule has 4 aromatic heterocycles. The minimum atomic E-state index is -0.501. The Hall–Kier alpha value is -3.73. The van der Waals surface area contributed by atoms with E-state index in [-0.39, 0.29) is 23.5 Å². The van der Waals surface area contributed by atoms with E-state index >= 15 is 0 Å². The second-order valence-electron chi connectivity index (χ2n) is 8.09. The number of fused-ring (bicyclic) bond motifs is 1. The summed E-state index contributed by atoms with van der Waals surface area (Å²) in [5.41, 5.74) is 1.65. The van der Waals surface area contributed by atoms with Gasteiger partial charge in [-0.25, -0.2) is 9.78 Å². The molecule has 2 saturated carbocycles. The molecule has 1 amide bonds. The molecule has 10 nitrogen and oxygen atoms in total. The summed E-state index contributed by atoms with van der Waals surface area (Å²) in [4.78, 5) is 39.8. The van der Waals surface area contributed by atoms with E-state index in [1.807, 2.05) is 18.2 Å². The number of thiophene rings is 1. The Balaban J connectivity index is 1.48. The lowest BCUT2D eigenvalue weighted by molar-refractivity contribution is 0.0955. The zero-order valence-electron chi connectivity index (χ0n) is 16.8. The molecule has 2 aliphatic carbocycles. The number of aromatic hydroxyl groups is 1. The Morgan fingerprint density at radius 3 is 2.84 bits per heavy atom. The molecule has 0 unspecified atom stereocenters. The zero-order valence-corrected chi connectivity index (χ0v) is 17.6. The van der Waals surface area contributed by atoms with E-state index in [2.05, 4.69) is 20.4 Å². The number of carbonyl (C=O) groups is 1. The molecule has 4 heterocycles. The first kappa shape index (κ1) is 19.0. The van der Waals surface area contributed by atoms with E-state index in [9.17, 15) is 14.7 Å². The van der Waals surface area contributed by atoms with E-state index in [4.69, 9.17) is 9.98 Å². The van der Waals surface area contributed by atoms with E-state index in [0.29, 0.717) is 33.0 Å². The first-order chi connectivity index (χ1) is 15.5. The molecule has 32 heavy (non-hydrogen) atoms. The molecule has 11 heteroatoms. The second-order valence-corrected chi connectivity index (χ2v) is 9.18. The maximum absolute atomic E-state index is 12.4. The molecule has 0 saturated heterocycles. The van der Waals surface area contributed by atoms with Crippen LogP contribution in [-0.4, -0.2) is 47.7 Å². The van der Waals surface area contributed by atoms with Gasteiger partial charge in [-0.3, -0.25) is 14.8 Å². The summed E-state index contributed by atoms with van der Waals surface area (Å²) < 4.78 is 1.66. The highest BCUT2D eigenvalue weighted by molar-refractivity contribution is 7.17. The Labute approximate surface area is 184 Å². The van der Waals surface area contributed by atoms with Gasteiger partial charge in [0.15, 0.2) is 11.1 Å². The van der Waals surface area contributed by atoms with Crippen molar-refractivity contribution in [1.29, 1.82) is 0 Å². The third-order valence-electron chi connectivity index (χ3n) is 5.37. The molecule has 0 aliphatic heterocycles. The third kappa shape index (κ3) is 3.60. The van der Waals surface area contributed by atoms with Crippen LogP contribution in [0.3, 0.4) is 0 Å². The number of carbonyl (C=O) groups excluding carboxylic acids is 1. The lowest BCUT2D eigenvalue weighted by Crippen LogP contribution is -2.24. The average molecular weight is 449 g/mol. The number of aromatic amines is 2. The van der Waals surface area contributed by atoms with Gasteiger partial charge in [-0.2, -0.15) is 9.61 Å². The lowest BCUT2D eigenvalue weighted by Gasteiger charge is -2.01. The predicted octanol–water partition coefficient (Wildman–Crippen LogP) is 0.683. The summed E-state index contributed by atoms with van der Waals surface area (Å²) in [6.07, 6.45) is 7.39. The summed E-state index contributed by atoms with van der Waals surface area (Å²) in [5, 5.41) is 18.0. The van der Waals surface area contributed by atoms with Gasteiger partial charge in [0, 0.05) is 17.3 Å². The van der Waals surface area contributed by atoms with Crippen molar-refractivity contribution in [2.45, 2.75) is 37.8 Å². The van der Waals surface area contributed by atoms with E-state index < -0.39 is 5.69 Å². The largest absolute Gasteiger partial charge is 0.493 e. The van der Waals surface area contributed by atoms with Crippen LogP contribution in [0.5, 0.6) is 5.88 Å². The smallest absolute Gasteiger partial charge is 0.326 e. The number of amides is 1. The molecule has 4 N–H and O–H groups in total. The SMILES string of the molecule is O=C(NC1CC1)c1ccc(-c2cc(=NC3CC3)n3nc/c(=C\c4[nH]c(=O)[nH]c4O)c3n2)s1. The van der Waals surface area contributed by atoms with E-state index in [0.717, 1.165) is 30.6 Å². The number of nitrogens with zero attached hydrogens (tertiary/aromatic N) is 4. The number of imidazole rings is 1. The van der Waals surface area contributed by atoms with Crippen molar-refractivity contribution in [1.82, 2.24) is 29.9 Å². The van der Waals surface area contributed by atoms with Gasteiger partial charge in [0.05, 0.1) is 27.7 Å². The quantitative estimate of drug-likeness (QED) is 0.355. The second kappa shape index (κ2) is 7.16. The summed E-state index contributed by atoms with van der Waals surface area (Å²) in [6.45, 7) is 0. The van der Waals surface area contributed by atoms with E-state index in [1.54, 1.807) is 16.8 Å². The molecule has 2 fully saturated rings. The van der Waals surface area contributed by atoms with Crippen molar-refractivity contribution in [3.63, 3.8) is 0 Å². The van der Waals surface area contributed by atoms with Gasteiger partial charge in [0.25, 0.3) is 5.91 Å². The number of nitrogens with one attached hydrogen (secondary N) is 3. The van der Waals surface area contributed by atoms with Gasteiger partial charge in [-0.15, -0.1) is 11.3 Å².